The monoisotopic (exact) mass is 608 g/mol. The van der Waals surface area contributed by atoms with Gasteiger partial charge in [-0.1, -0.05) is 12.1 Å². The largest absolute Gasteiger partial charge is 0.450 e. The predicted octanol–water partition coefficient (Wildman–Crippen LogP) is 5.04. The lowest BCUT2D eigenvalue weighted by Crippen LogP contribution is -2.48. The molecule has 3 heterocycles. The average molecular weight is 609 g/mol. The minimum atomic E-state index is -4.34. The van der Waals surface area contributed by atoms with Crippen LogP contribution in [0.15, 0.2) is 24.3 Å². The smallest absolute Gasteiger partial charge is 0.416 e. The molecule has 1 aromatic carbocycles. The van der Waals surface area contributed by atoms with Crippen LogP contribution in [0.1, 0.15) is 69.4 Å². The maximum Gasteiger partial charge on any atom is 0.416 e. The lowest BCUT2D eigenvalue weighted by Gasteiger charge is -2.37. The molecule has 1 spiro atoms. The van der Waals surface area contributed by atoms with E-state index < -0.39 is 17.3 Å². The van der Waals surface area contributed by atoms with Gasteiger partial charge in [0.25, 0.3) is 0 Å². The van der Waals surface area contributed by atoms with Crippen LogP contribution in [0.3, 0.4) is 0 Å². The van der Waals surface area contributed by atoms with E-state index in [0.717, 1.165) is 56.2 Å². The molecule has 0 unspecified atom stereocenters. The Hall–Kier alpha value is -3.02. The molecule has 43 heavy (non-hydrogen) atoms. The molecule has 3 amide bonds. The predicted molar refractivity (Wildman–Crippen MR) is 152 cm³/mol. The number of alkyl halides is 3. The highest BCUT2D eigenvalue weighted by Gasteiger charge is 2.47. The van der Waals surface area contributed by atoms with Gasteiger partial charge in [-0.3, -0.25) is 9.69 Å². The van der Waals surface area contributed by atoms with Crippen LogP contribution in [-0.2, 0) is 27.0 Å². The van der Waals surface area contributed by atoms with E-state index in [1.54, 1.807) is 11.8 Å². The van der Waals surface area contributed by atoms with Crippen molar-refractivity contribution in [1.82, 2.24) is 20.0 Å². The second-order valence-electron chi connectivity index (χ2n) is 12.6. The summed E-state index contributed by atoms with van der Waals surface area (Å²) >= 11 is 0. The van der Waals surface area contributed by atoms with Crippen molar-refractivity contribution in [2.75, 3.05) is 45.9 Å². The van der Waals surface area contributed by atoms with Crippen LogP contribution in [-0.4, -0.2) is 90.3 Å². The minimum Gasteiger partial charge on any atom is -0.450 e. The van der Waals surface area contributed by atoms with Crippen LogP contribution >= 0.6 is 0 Å². The summed E-state index contributed by atoms with van der Waals surface area (Å²) in [6.07, 6.45) is 1.31. The highest BCUT2D eigenvalue weighted by Crippen LogP contribution is 2.37. The SMILES string of the molecule is CCOC(=O)N1CCC(NC(=O)C2CCC(CN3CC4(CCN(Cc5ccc(C(F)(F)F)cc5)CC4)OC3=O)CC2)CC1. The normalized spacial score (nSPS) is 25.1. The summed E-state index contributed by atoms with van der Waals surface area (Å²) in [6.45, 7) is 6.50. The molecule has 1 aliphatic carbocycles. The number of benzene rings is 1. The minimum absolute atomic E-state index is 0.0230. The molecule has 0 radical (unpaired) electrons. The Morgan fingerprint density at radius 2 is 1.65 bits per heavy atom. The summed E-state index contributed by atoms with van der Waals surface area (Å²) in [7, 11) is 0. The number of likely N-dealkylation sites (tertiary alicyclic amines) is 2. The van der Waals surface area contributed by atoms with Gasteiger partial charge < -0.3 is 24.6 Å². The van der Waals surface area contributed by atoms with Gasteiger partial charge in [0.15, 0.2) is 0 Å². The van der Waals surface area contributed by atoms with E-state index >= 15 is 0 Å². The van der Waals surface area contributed by atoms with Crippen molar-refractivity contribution < 1.29 is 37.0 Å². The molecule has 4 fully saturated rings. The van der Waals surface area contributed by atoms with Crippen molar-refractivity contribution in [2.45, 2.75) is 82.7 Å². The molecule has 12 heteroatoms. The maximum atomic E-state index is 12.9. The van der Waals surface area contributed by atoms with Crippen molar-refractivity contribution in [3.8, 4) is 0 Å². The molecule has 1 N–H and O–H groups in total. The standard InChI is InChI=1S/C31H43F3N4O5/c1-2-42-28(40)37-15-11-26(12-16-37)35-27(39)24-7-3-23(4-8-24)20-38-21-30(43-29(38)41)13-17-36(18-14-30)19-22-5-9-25(10-6-22)31(32,33)34/h5-6,9-10,23-24,26H,2-4,7-8,11-21H2,1H3,(H,35,39). The van der Waals surface area contributed by atoms with Gasteiger partial charge in [-0.15, -0.1) is 0 Å². The van der Waals surface area contributed by atoms with E-state index in [1.165, 1.54) is 12.1 Å². The third-order valence-corrected chi connectivity index (χ3v) is 9.56. The highest BCUT2D eigenvalue weighted by atomic mass is 19.4. The first-order chi connectivity index (χ1) is 20.5. The fourth-order valence-electron chi connectivity index (χ4n) is 6.93. The Morgan fingerprint density at radius 3 is 2.26 bits per heavy atom. The summed E-state index contributed by atoms with van der Waals surface area (Å²) in [6, 6.07) is 5.37. The van der Waals surface area contributed by atoms with Gasteiger partial charge in [-0.25, -0.2) is 9.59 Å². The second-order valence-corrected chi connectivity index (χ2v) is 12.6. The molecular formula is C31H43F3N4O5. The molecule has 3 saturated heterocycles. The lowest BCUT2D eigenvalue weighted by atomic mass is 9.81. The number of rotatable bonds is 7. The van der Waals surface area contributed by atoms with Crippen LogP contribution in [0.25, 0.3) is 0 Å². The van der Waals surface area contributed by atoms with Gasteiger partial charge in [-0.2, -0.15) is 13.2 Å². The first-order valence-electron chi connectivity index (χ1n) is 15.6. The molecule has 0 aromatic heterocycles. The van der Waals surface area contributed by atoms with Crippen molar-refractivity contribution in [2.24, 2.45) is 11.8 Å². The van der Waals surface area contributed by atoms with Crippen LogP contribution < -0.4 is 5.32 Å². The van der Waals surface area contributed by atoms with E-state index in [9.17, 15) is 27.6 Å². The van der Waals surface area contributed by atoms with Gasteiger partial charge >= 0.3 is 18.4 Å². The van der Waals surface area contributed by atoms with Gasteiger partial charge in [0.05, 0.1) is 18.7 Å². The summed E-state index contributed by atoms with van der Waals surface area (Å²) < 4.78 is 49.5. The summed E-state index contributed by atoms with van der Waals surface area (Å²) in [4.78, 5) is 43.4. The molecule has 1 aromatic rings. The van der Waals surface area contributed by atoms with Gasteiger partial charge in [0.2, 0.25) is 5.91 Å². The van der Waals surface area contributed by atoms with Crippen molar-refractivity contribution >= 4 is 18.1 Å². The number of halogens is 3. The summed E-state index contributed by atoms with van der Waals surface area (Å²) in [5.41, 5.74) is -0.320. The zero-order valence-electron chi connectivity index (χ0n) is 24.9. The zero-order chi connectivity index (χ0) is 30.6. The molecule has 3 aliphatic heterocycles. The van der Waals surface area contributed by atoms with Gasteiger partial charge in [0, 0.05) is 64.1 Å². The van der Waals surface area contributed by atoms with Crippen molar-refractivity contribution in [3.63, 3.8) is 0 Å². The number of amides is 3. The number of nitrogens with one attached hydrogen (secondary N) is 1. The summed E-state index contributed by atoms with van der Waals surface area (Å²) in [5.74, 6) is 0.403. The number of ether oxygens (including phenoxy) is 2. The number of hydrogen-bond donors (Lipinski definition) is 1. The Labute approximate surface area is 251 Å². The molecule has 1 saturated carbocycles. The van der Waals surface area contributed by atoms with Gasteiger partial charge in [-0.05, 0) is 69.1 Å². The molecule has 9 nitrogen and oxygen atoms in total. The van der Waals surface area contributed by atoms with E-state index in [2.05, 4.69) is 10.2 Å². The Morgan fingerprint density at radius 1 is 1.00 bits per heavy atom. The summed E-state index contributed by atoms with van der Waals surface area (Å²) in [5, 5.41) is 3.19. The van der Waals surface area contributed by atoms with Crippen molar-refractivity contribution in [1.29, 1.82) is 0 Å². The number of hydrogen-bond acceptors (Lipinski definition) is 6. The number of carbonyl (C=O) groups is 3. The van der Waals surface area contributed by atoms with E-state index in [-0.39, 0.29) is 30.1 Å². The third-order valence-electron chi connectivity index (χ3n) is 9.56. The second kappa shape index (κ2) is 13.3. The van der Waals surface area contributed by atoms with Crippen LogP contribution in [0.4, 0.5) is 22.8 Å². The Balaban J connectivity index is 1.01. The average Bonchev–Trinajstić information content (AvgIpc) is 3.28. The molecule has 0 atom stereocenters. The first-order valence-corrected chi connectivity index (χ1v) is 15.6. The topological polar surface area (TPSA) is 91.4 Å². The quantitative estimate of drug-likeness (QED) is 0.467. The van der Waals surface area contributed by atoms with Crippen molar-refractivity contribution in [3.05, 3.63) is 35.4 Å². The van der Waals surface area contributed by atoms with Crippen LogP contribution in [0.5, 0.6) is 0 Å². The third kappa shape index (κ3) is 7.93. The maximum absolute atomic E-state index is 12.9. The fraction of sp³-hybridized carbons (Fsp3) is 0.710. The molecule has 5 rings (SSSR count). The highest BCUT2D eigenvalue weighted by molar-refractivity contribution is 5.79. The zero-order valence-corrected chi connectivity index (χ0v) is 24.9. The lowest BCUT2D eigenvalue weighted by molar-refractivity contribution is -0.137. The number of piperidine rings is 2. The molecular weight excluding hydrogens is 565 g/mol. The fourth-order valence-corrected chi connectivity index (χ4v) is 6.93. The molecule has 4 aliphatic rings. The molecule has 238 valence electrons. The van der Waals surface area contributed by atoms with E-state index in [4.69, 9.17) is 9.47 Å². The van der Waals surface area contributed by atoms with Gasteiger partial charge in [0.1, 0.15) is 5.60 Å². The number of carbonyl (C=O) groups excluding carboxylic acids is 3. The van der Waals surface area contributed by atoms with E-state index in [1.807, 2.05) is 4.90 Å². The van der Waals surface area contributed by atoms with Crippen LogP contribution in [0, 0.1) is 11.8 Å². The van der Waals surface area contributed by atoms with E-state index in [0.29, 0.717) is 71.2 Å². The molecule has 0 bridgehead atoms. The van der Waals surface area contributed by atoms with Crippen LogP contribution in [0.2, 0.25) is 0 Å². The number of nitrogens with zero attached hydrogens (tertiary/aromatic N) is 3. The Kier molecular flexibility index (Phi) is 9.73. The Bertz CT molecular complexity index is 1120. The first kappa shape index (κ1) is 31.4.